The fraction of sp³-hybridized carbons (Fsp3) is 0.400. The number of nitrogens with two attached hydrogens (primary N) is 1. The first-order valence-electron chi connectivity index (χ1n) is 4.22. The van der Waals surface area contributed by atoms with Crippen LogP contribution in [0.4, 0.5) is 11.4 Å². The molecule has 0 aliphatic carbocycles. The van der Waals surface area contributed by atoms with Crippen LogP contribution in [0.25, 0.3) is 0 Å². The molecule has 0 atom stereocenters. The van der Waals surface area contributed by atoms with Gasteiger partial charge in [0.25, 0.3) is 0 Å². The second kappa shape index (κ2) is 3.58. The van der Waals surface area contributed by atoms with Crippen LogP contribution in [-0.4, -0.2) is 5.54 Å². The summed E-state index contributed by atoms with van der Waals surface area (Å²) >= 11 is 3.46. The first-order valence-corrected chi connectivity index (χ1v) is 5.01. The molecule has 0 aromatic heterocycles. The van der Waals surface area contributed by atoms with Crippen LogP contribution in [0.15, 0.2) is 22.7 Å². The van der Waals surface area contributed by atoms with Crippen molar-refractivity contribution in [1.82, 2.24) is 0 Å². The van der Waals surface area contributed by atoms with Crippen LogP contribution < -0.4 is 11.1 Å². The van der Waals surface area contributed by atoms with Gasteiger partial charge < -0.3 is 11.1 Å². The van der Waals surface area contributed by atoms with E-state index in [-0.39, 0.29) is 5.54 Å². The second-order valence-electron chi connectivity index (χ2n) is 4.11. The Hall–Kier alpha value is -0.700. The zero-order valence-electron chi connectivity index (χ0n) is 8.19. The zero-order valence-corrected chi connectivity index (χ0v) is 9.77. The maximum Gasteiger partial charge on any atom is 0.0490 e. The lowest BCUT2D eigenvalue weighted by Gasteiger charge is -2.23. The van der Waals surface area contributed by atoms with E-state index in [1.165, 1.54) is 0 Å². The van der Waals surface area contributed by atoms with E-state index in [0.717, 1.165) is 15.8 Å². The van der Waals surface area contributed by atoms with E-state index in [1.807, 2.05) is 18.2 Å². The number of hydrogen-bond acceptors (Lipinski definition) is 2. The van der Waals surface area contributed by atoms with Gasteiger partial charge >= 0.3 is 0 Å². The molecule has 0 amide bonds. The van der Waals surface area contributed by atoms with E-state index in [1.54, 1.807) is 0 Å². The molecule has 3 N–H and O–H groups in total. The summed E-state index contributed by atoms with van der Waals surface area (Å²) in [5.74, 6) is 0. The van der Waals surface area contributed by atoms with Crippen molar-refractivity contribution in [3.05, 3.63) is 22.7 Å². The Balaban J connectivity index is 2.90. The molecule has 0 spiro atoms. The molecule has 0 bridgehead atoms. The highest BCUT2D eigenvalue weighted by atomic mass is 79.9. The van der Waals surface area contributed by atoms with Crippen molar-refractivity contribution >= 4 is 27.3 Å². The van der Waals surface area contributed by atoms with Crippen LogP contribution in [-0.2, 0) is 0 Å². The Morgan fingerprint density at radius 1 is 1.31 bits per heavy atom. The Morgan fingerprint density at radius 2 is 1.92 bits per heavy atom. The third-order valence-corrected chi connectivity index (χ3v) is 2.16. The lowest BCUT2D eigenvalue weighted by Crippen LogP contribution is -2.26. The Bertz CT molecular complexity index is 302. The van der Waals surface area contributed by atoms with Gasteiger partial charge in [-0.15, -0.1) is 0 Å². The SMILES string of the molecule is CC(C)(C)Nc1ccc(N)cc1Br. The molecule has 13 heavy (non-hydrogen) atoms. The van der Waals surface area contributed by atoms with Crippen LogP contribution in [0, 0.1) is 0 Å². The average molecular weight is 243 g/mol. The van der Waals surface area contributed by atoms with Gasteiger partial charge in [-0.3, -0.25) is 0 Å². The molecule has 3 heteroatoms. The largest absolute Gasteiger partial charge is 0.399 e. The quantitative estimate of drug-likeness (QED) is 0.743. The Morgan fingerprint density at radius 3 is 2.38 bits per heavy atom. The highest BCUT2D eigenvalue weighted by Crippen LogP contribution is 2.26. The summed E-state index contributed by atoms with van der Waals surface area (Å²) in [7, 11) is 0. The van der Waals surface area contributed by atoms with E-state index >= 15 is 0 Å². The summed E-state index contributed by atoms with van der Waals surface area (Å²) < 4.78 is 1.00. The van der Waals surface area contributed by atoms with E-state index < -0.39 is 0 Å². The fourth-order valence-electron chi connectivity index (χ4n) is 1.04. The van der Waals surface area contributed by atoms with Gasteiger partial charge in [0.2, 0.25) is 0 Å². The van der Waals surface area contributed by atoms with E-state index in [9.17, 15) is 0 Å². The predicted molar refractivity (Wildman–Crippen MR) is 61.9 cm³/mol. The summed E-state index contributed by atoms with van der Waals surface area (Å²) in [5, 5.41) is 3.37. The van der Waals surface area contributed by atoms with Crippen LogP contribution >= 0.6 is 15.9 Å². The van der Waals surface area contributed by atoms with Gasteiger partial charge in [0.15, 0.2) is 0 Å². The van der Waals surface area contributed by atoms with Crippen LogP contribution in [0.3, 0.4) is 0 Å². The summed E-state index contributed by atoms with van der Waals surface area (Å²) in [4.78, 5) is 0. The molecular formula is C10H15BrN2. The molecule has 1 aromatic rings. The molecule has 0 heterocycles. The summed E-state index contributed by atoms with van der Waals surface area (Å²) in [5.41, 5.74) is 7.54. The fourth-order valence-corrected chi connectivity index (χ4v) is 1.53. The molecule has 0 fully saturated rings. The van der Waals surface area contributed by atoms with Gasteiger partial charge in [-0.2, -0.15) is 0 Å². The van der Waals surface area contributed by atoms with Gasteiger partial charge in [0.1, 0.15) is 0 Å². The normalized spacial score (nSPS) is 11.4. The molecular weight excluding hydrogens is 228 g/mol. The lowest BCUT2D eigenvalue weighted by atomic mass is 10.1. The number of anilines is 2. The molecule has 0 aliphatic rings. The van der Waals surface area contributed by atoms with Gasteiger partial charge in [-0.05, 0) is 54.9 Å². The molecule has 72 valence electrons. The minimum atomic E-state index is 0.0681. The van der Waals surface area contributed by atoms with Crippen molar-refractivity contribution < 1.29 is 0 Å². The molecule has 0 saturated carbocycles. The third-order valence-electron chi connectivity index (χ3n) is 1.50. The Kier molecular flexibility index (Phi) is 2.86. The average Bonchev–Trinajstić information content (AvgIpc) is 1.93. The van der Waals surface area contributed by atoms with Crippen LogP contribution in [0.2, 0.25) is 0 Å². The molecule has 1 rings (SSSR count). The second-order valence-corrected chi connectivity index (χ2v) is 4.97. The lowest BCUT2D eigenvalue weighted by molar-refractivity contribution is 0.633. The molecule has 0 aliphatic heterocycles. The van der Waals surface area contributed by atoms with Crippen LogP contribution in [0.1, 0.15) is 20.8 Å². The minimum Gasteiger partial charge on any atom is -0.399 e. The van der Waals surface area contributed by atoms with Crippen molar-refractivity contribution in [2.45, 2.75) is 26.3 Å². The first kappa shape index (κ1) is 10.4. The highest BCUT2D eigenvalue weighted by molar-refractivity contribution is 9.10. The van der Waals surface area contributed by atoms with Crippen molar-refractivity contribution in [3.8, 4) is 0 Å². The molecule has 2 nitrogen and oxygen atoms in total. The standard InChI is InChI=1S/C10H15BrN2/c1-10(2,3)13-9-5-4-7(12)6-8(9)11/h4-6,13H,12H2,1-3H3. The summed E-state index contributed by atoms with van der Waals surface area (Å²) in [6, 6.07) is 5.76. The molecule has 1 aromatic carbocycles. The van der Waals surface area contributed by atoms with Crippen molar-refractivity contribution in [1.29, 1.82) is 0 Å². The predicted octanol–water partition coefficient (Wildman–Crippen LogP) is 3.24. The van der Waals surface area contributed by atoms with E-state index in [0.29, 0.717) is 0 Å². The van der Waals surface area contributed by atoms with Crippen molar-refractivity contribution in [2.75, 3.05) is 11.1 Å². The first-order chi connectivity index (χ1) is 5.88. The van der Waals surface area contributed by atoms with E-state index in [2.05, 4.69) is 42.0 Å². The number of halogens is 1. The van der Waals surface area contributed by atoms with Gasteiger partial charge in [0.05, 0.1) is 0 Å². The zero-order chi connectivity index (χ0) is 10.1. The summed E-state index contributed by atoms with van der Waals surface area (Å²) in [6.45, 7) is 6.36. The topological polar surface area (TPSA) is 38.0 Å². The highest BCUT2D eigenvalue weighted by Gasteiger charge is 2.10. The Labute approximate surface area is 87.6 Å². The number of hydrogen-bond donors (Lipinski definition) is 2. The number of nitrogen functional groups attached to an aromatic ring is 1. The molecule has 0 radical (unpaired) electrons. The monoisotopic (exact) mass is 242 g/mol. The number of rotatable bonds is 1. The van der Waals surface area contributed by atoms with Gasteiger partial charge in [0, 0.05) is 21.4 Å². The smallest absolute Gasteiger partial charge is 0.0490 e. The van der Waals surface area contributed by atoms with Gasteiger partial charge in [-0.25, -0.2) is 0 Å². The maximum absolute atomic E-state index is 5.63. The maximum atomic E-state index is 5.63. The van der Waals surface area contributed by atoms with Crippen molar-refractivity contribution in [3.63, 3.8) is 0 Å². The van der Waals surface area contributed by atoms with E-state index in [4.69, 9.17) is 5.73 Å². The number of benzene rings is 1. The summed E-state index contributed by atoms with van der Waals surface area (Å²) in [6.07, 6.45) is 0. The van der Waals surface area contributed by atoms with Crippen molar-refractivity contribution in [2.24, 2.45) is 0 Å². The number of nitrogens with one attached hydrogen (secondary N) is 1. The molecule has 0 unspecified atom stereocenters. The third kappa shape index (κ3) is 3.27. The minimum absolute atomic E-state index is 0.0681. The van der Waals surface area contributed by atoms with Crippen LogP contribution in [0.5, 0.6) is 0 Å². The van der Waals surface area contributed by atoms with Gasteiger partial charge in [-0.1, -0.05) is 0 Å². The molecule has 0 saturated heterocycles.